The Hall–Kier alpha value is -3.74. The molecule has 122 valence electrons. The van der Waals surface area contributed by atoms with Crippen molar-refractivity contribution in [1.82, 2.24) is 14.4 Å². The van der Waals surface area contributed by atoms with Crippen molar-refractivity contribution in [3.8, 4) is 11.3 Å². The molecular formula is C18H13N5O2. The zero-order valence-electron chi connectivity index (χ0n) is 13.0. The first-order valence-electron chi connectivity index (χ1n) is 7.61. The Bertz CT molecular complexity index is 1060. The highest BCUT2D eigenvalue weighted by atomic mass is 16.6. The molecule has 2 aromatic carbocycles. The zero-order valence-corrected chi connectivity index (χ0v) is 13.0. The lowest BCUT2D eigenvalue weighted by Gasteiger charge is -2.08. The average Bonchev–Trinajstić information content (AvgIpc) is 3.01. The lowest BCUT2D eigenvalue weighted by Crippen LogP contribution is -1.98. The van der Waals surface area contributed by atoms with Crippen molar-refractivity contribution in [2.45, 2.75) is 0 Å². The monoisotopic (exact) mass is 331 g/mol. The van der Waals surface area contributed by atoms with Crippen LogP contribution in [0.4, 0.5) is 17.2 Å². The molecule has 0 fully saturated rings. The largest absolute Gasteiger partial charge is 0.339 e. The molecule has 7 nitrogen and oxygen atoms in total. The molecule has 25 heavy (non-hydrogen) atoms. The molecule has 4 aromatic rings. The van der Waals surface area contributed by atoms with E-state index in [-0.39, 0.29) is 5.69 Å². The summed E-state index contributed by atoms with van der Waals surface area (Å²) in [6, 6.07) is 16.1. The van der Waals surface area contributed by atoms with Crippen molar-refractivity contribution >= 4 is 22.8 Å². The molecule has 2 aromatic heterocycles. The summed E-state index contributed by atoms with van der Waals surface area (Å²) in [6.45, 7) is 0. The first-order valence-corrected chi connectivity index (χ1v) is 7.61. The molecule has 0 spiro atoms. The average molecular weight is 331 g/mol. The molecule has 0 aliphatic carbocycles. The summed E-state index contributed by atoms with van der Waals surface area (Å²) >= 11 is 0. The number of non-ortho nitro benzene ring substituents is 1. The van der Waals surface area contributed by atoms with Crippen molar-refractivity contribution in [2.24, 2.45) is 0 Å². The molecule has 0 atom stereocenters. The summed E-state index contributed by atoms with van der Waals surface area (Å²) in [5, 5.41) is 14.3. The van der Waals surface area contributed by atoms with E-state index in [2.05, 4.69) is 15.3 Å². The quantitative estimate of drug-likeness (QED) is 0.450. The van der Waals surface area contributed by atoms with Gasteiger partial charge in [-0.3, -0.25) is 19.5 Å². The molecule has 0 radical (unpaired) electrons. The molecule has 4 rings (SSSR count). The van der Waals surface area contributed by atoms with Crippen LogP contribution in [-0.4, -0.2) is 19.3 Å². The second-order valence-electron chi connectivity index (χ2n) is 5.41. The van der Waals surface area contributed by atoms with Crippen LogP contribution in [0.2, 0.25) is 0 Å². The van der Waals surface area contributed by atoms with E-state index in [0.717, 1.165) is 17.1 Å². The van der Waals surface area contributed by atoms with Gasteiger partial charge in [0.1, 0.15) is 11.5 Å². The fourth-order valence-electron chi connectivity index (χ4n) is 2.66. The van der Waals surface area contributed by atoms with Crippen molar-refractivity contribution in [1.29, 1.82) is 0 Å². The minimum absolute atomic E-state index is 0.0294. The number of benzene rings is 2. The maximum absolute atomic E-state index is 11.0. The van der Waals surface area contributed by atoms with Gasteiger partial charge in [0.05, 0.1) is 11.1 Å². The number of fused-ring (bicyclic) bond motifs is 1. The van der Waals surface area contributed by atoms with Crippen LogP contribution < -0.4 is 5.32 Å². The standard InChI is InChI=1S/C18H13N5O2/c24-23(25)15-8-4-7-14(11-15)20-18-17(13-5-2-1-3-6-13)21-16-12-19-9-10-22(16)18/h1-12,20H. The minimum Gasteiger partial charge on any atom is -0.339 e. The van der Waals surface area contributed by atoms with E-state index in [1.165, 1.54) is 12.1 Å². The number of hydrogen-bond acceptors (Lipinski definition) is 5. The van der Waals surface area contributed by atoms with E-state index in [0.29, 0.717) is 11.3 Å². The van der Waals surface area contributed by atoms with Crippen LogP contribution in [-0.2, 0) is 0 Å². The van der Waals surface area contributed by atoms with E-state index in [4.69, 9.17) is 0 Å². The lowest BCUT2D eigenvalue weighted by molar-refractivity contribution is -0.384. The van der Waals surface area contributed by atoms with Crippen molar-refractivity contribution in [3.05, 3.63) is 83.3 Å². The van der Waals surface area contributed by atoms with Gasteiger partial charge >= 0.3 is 0 Å². The third-order valence-corrected chi connectivity index (χ3v) is 3.80. The molecule has 2 heterocycles. The Morgan fingerprint density at radius 3 is 2.72 bits per heavy atom. The molecule has 7 heteroatoms. The van der Waals surface area contributed by atoms with E-state index < -0.39 is 4.92 Å². The molecule has 0 aliphatic heterocycles. The van der Waals surface area contributed by atoms with E-state index >= 15 is 0 Å². The number of nitrogens with one attached hydrogen (secondary N) is 1. The Morgan fingerprint density at radius 2 is 1.92 bits per heavy atom. The second-order valence-corrected chi connectivity index (χ2v) is 5.41. The summed E-state index contributed by atoms with van der Waals surface area (Å²) in [7, 11) is 0. The third-order valence-electron chi connectivity index (χ3n) is 3.80. The van der Waals surface area contributed by atoms with Crippen molar-refractivity contribution in [2.75, 3.05) is 5.32 Å². The number of rotatable bonds is 4. The fraction of sp³-hybridized carbons (Fsp3) is 0. The Morgan fingerprint density at radius 1 is 1.08 bits per heavy atom. The Labute approximate surface area is 142 Å². The van der Waals surface area contributed by atoms with Gasteiger partial charge in [-0.2, -0.15) is 0 Å². The van der Waals surface area contributed by atoms with E-state index in [9.17, 15) is 10.1 Å². The molecule has 1 N–H and O–H groups in total. The van der Waals surface area contributed by atoms with Crippen LogP contribution in [0.5, 0.6) is 0 Å². The maximum atomic E-state index is 11.0. The molecule has 0 saturated carbocycles. The van der Waals surface area contributed by atoms with Gasteiger partial charge < -0.3 is 5.32 Å². The summed E-state index contributed by atoms with van der Waals surface area (Å²) in [5.41, 5.74) is 3.03. The van der Waals surface area contributed by atoms with Gasteiger partial charge in [-0.05, 0) is 6.07 Å². The Kier molecular flexibility index (Phi) is 3.59. The number of nitro benzene ring substituents is 1. The summed E-state index contributed by atoms with van der Waals surface area (Å²) in [6.07, 6.45) is 5.14. The topological polar surface area (TPSA) is 85.4 Å². The minimum atomic E-state index is -0.415. The van der Waals surface area contributed by atoms with Crippen LogP contribution in [0.25, 0.3) is 16.9 Å². The lowest BCUT2D eigenvalue weighted by atomic mass is 10.1. The van der Waals surface area contributed by atoms with Gasteiger partial charge in [-0.15, -0.1) is 0 Å². The normalized spacial score (nSPS) is 10.7. The van der Waals surface area contributed by atoms with Gasteiger partial charge in [0.25, 0.3) is 5.69 Å². The highest BCUT2D eigenvalue weighted by Crippen LogP contribution is 2.31. The number of anilines is 2. The van der Waals surface area contributed by atoms with Gasteiger partial charge in [0.15, 0.2) is 5.65 Å². The third kappa shape index (κ3) is 2.78. The highest BCUT2D eigenvalue weighted by molar-refractivity contribution is 5.79. The van der Waals surface area contributed by atoms with E-state index in [1.54, 1.807) is 30.7 Å². The molecule has 0 bridgehead atoms. The van der Waals surface area contributed by atoms with Crippen LogP contribution in [0.3, 0.4) is 0 Å². The van der Waals surface area contributed by atoms with Crippen LogP contribution in [0, 0.1) is 10.1 Å². The predicted octanol–water partition coefficient (Wildman–Crippen LogP) is 4.05. The SMILES string of the molecule is O=[N+]([O-])c1cccc(Nc2c(-c3ccccc3)nc3cnccn23)c1. The van der Waals surface area contributed by atoms with Crippen LogP contribution in [0.15, 0.2) is 73.2 Å². The first kappa shape index (κ1) is 14.8. The Balaban J connectivity index is 1.86. The van der Waals surface area contributed by atoms with Crippen LogP contribution >= 0.6 is 0 Å². The van der Waals surface area contributed by atoms with Gasteiger partial charge in [-0.1, -0.05) is 36.4 Å². The number of hydrogen-bond donors (Lipinski definition) is 1. The predicted molar refractivity (Wildman–Crippen MR) is 94.8 cm³/mol. The van der Waals surface area contributed by atoms with E-state index in [1.807, 2.05) is 34.7 Å². The van der Waals surface area contributed by atoms with Crippen molar-refractivity contribution in [3.63, 3.8) is 0 Å². The number of aromatic nitrogens is 3. The number of nitro groups is 1. The molecule has 0 unspecified atom stereocenters. The van der Waals surface area contributed by atoms with Crippen LogP contribution in [0.1, 0.15) is 0 Å². The number of nitrogens with zero attached hydrogens (tertiary/aromatic N) is 4. The van der Waals surface area contributed by atoms with Crippen molar-refractivity contribution < 1.29 is 4.92 Å². The summed E-state index contributed by atoms with van der Waals surface area (Å²) < 4.78 is 1.87. The van der Waals surface area contributed by atoms with Gasteiger partial charge in [-0.25, -0.2) is 4.98 Å². The highest BCUT2D eigenvalue weighted by Gasteiger charge is 2.15. The van der Waals surface area contributed by atoms with Gasteiger partial charge in [0.2, 0.25) is 0 Å². The van der Waals surface area contributed by atoms with Gasteiger partial charge in [0, 0.05) is 35.8 Å². The fourth-order valence-corrected chi connectivity index (χ4v) is 2.66. The first-order chi connectivity index (χ1) is 12.2. The number of imidazole rings is 1. The summed E-state index contributed by atoms with van der Waals surface area (Å²) in [5.74, 6) is 0.726. The molecule has 0 aliphatic rings. The molecule has 0 amide bonds. The zero-order chi connectivity index (χ0) is 17.2. The summed E-state index contributed by atoms with van der Waals surface area (Å²) in [4.78, 5) is 19.3. The molecular weight excluding hydrogens is 318 g/mol. The maximum Gasteiger partial charge on any atom is 0.271 e. The smallest absolute Gasteiger partial charge is 0.271 e. The molecule has 0 saturated heterocycles. The second kappa shape index (κ2) is 6.04.